The standard InChI is InChI=1S/C23H25FNOP/c1-17-15-20(23(2,3)4)22-21(16-17)25-27(24,26-22,18-11-7-5-8-12-18)19-13-9-6-10-14-19/h5-16,25H,1-4H3. The van der Waals surface area contributed by atoms with Crippen LogP contribution in [0.25, 0.3) is 0 Å². The number of halogens is 1. The van der Waals surface area contributed by atoms with Gasteiger partial charge in [-0.25, -0.2) is 0 Å². The zero-order valence-electron chi connectivity index (χ0n) is 16.2. The van der Waals surface area contributed by atoms with Gasteiger partial charge < -0.3 is 0 Å². The third kappa shape index (κ3) is 2.73. The van der Waals surface area contributed by atoms with Crippen LogP contribution in [0.1, 0.15) is 31.9 Å². The first-order valence-corrected chi connectivity index (χ1v) is 11.2. The minimum absolute atomic E-state index is 0.162. The average Bonchev–Trinajstić information content (AvgIpc) is 2.97. The average molecular weight is 381 g/mol. The summed E-state index contributed by atoms with van der Waals surface area (Å²) in [5.41, 5.74) is 2.67. The van der Waals surface area contributed by atoms with Crippen molar-refractivity contribution < 1.29 is 8.72 Å². The molecule has 1 aliphatic rings. The SMILES string of the molecule is Cc1cc2c(c(C(C)(C)C)c1)OP(F)(c1ccccc1)(c1ccccc1)N2. The van der Waals surface area contributed by atoms with Gasteiger partial charge in [0.05, 0.1) is 0 Å². The first kappa shape index (κ1) is 18.0. The first-order valence-electron chi connectivity index (χ1n) is 9.20. The van der Waals surface area contributed by atoms with E-state index in [1.54, 1.807) is 0 Å². The van der Waals surface area contributed by atoms with Gasteiger partial charge in [-0.05, 0) is 0 Å². The van der Waals surface area contributed by atoms with Gasteiger partial charge >= 0.3 is 160 Å². The van der Waals surface area contributed by atoms with Crippen LogP contribution in [0.15, 0.2) is 72.8 Å². The van der Waals surface area contributed by atoms with Crippen molar-refractivity contribution in [3.8, 4) is 5.75 Å². The summed E-state index contributed by atoms with van der Waals surface area (Å²) in [6.45, 7) is 8.42. The van der Waals surface area contributed by atoms with Crippen LogP contribution < -0.4 is 20.2 Å². The molecule has 0 saturated heterocycles. The van der Waals surface area contributed by atoms with Gasteiger partial charge in [0.15, 0.2) is 0 Å². The Labute approximate surface area is 160 Å². The number of anilines is 1. The molecule has 0 unspecified atom stereocenters. The van der Waals surface area contributed by atoms with E-state index in [4.69, 9.17) is 4.52 Å². The van der Waals surface area contributed by atoms with E-state index < -0.39 is 7.29 Å². The van der Waals surface area contributed by atoms with E-state index in [0.29, 0.717) is 16.4 Å². The van der Waals surface area contributed by atoms with Crippen molar-refractivity contribution in [2.24, 2.45) is 0 Å². The predicted molar refractivity (Wildman–Crippen MR) is 114 cm³/mol. The molecule has 0 fully saturated rings. The van der Waals surface area contributed by atoms with Crippen molar-refractivity contribution in [1.29, 1.82) is 0 Å². The predicted octanol–water partition coefficient (Wildman–Crippen LogP) is 6.02. The normalized spacial score (nSPS) is 18.5. The van der Waals surface area contributed by atoms with Crippen molar-refractivity contribution in [2.75, 3.05) is 5.09 Å². The molecule has 0 atom stereocenters. The second-order valence-corrected chi connectivity index (χ2v) is 11.5. The molecule has 3 aromatic carbocycles. The Morgan fingerprint density at radius 1 is 0.852 bits per heavy atom. The van der Waals surface area contributed by atoms with Gasteiger partial charge in [-0.2, -0.15) is 0 Å². The summed E-state index contributed by atoms with van der Waals surface area (Å²) in [4.78, 5) is 0. The summed E-state index contributed by atoms with van der Waals surface area (Å²) in [6, 6.07) is 22.5. The van der Waals surface area contributed by atoms with E-state index in [9.17, 15) is 0 Å². The third-order valence-corrected chi connectivity index (χ3v) is 8.67. The molecule has 140 valence electrons. The van der Waals surface area contributed by atoms with E-state index in [-0.39, 0.29) is 5.41 Å². The van der Waals surface area contributed by atoms with E-state index in [1.165, 1.54) is 0 Å². The van der Waals surface area contributed by atoms with Gasteiger partial charge in [-0.15, -0.1) is 0 Å². The Kier molecular flexibility index (Phi) is 3.87. The van der Waals surface area contributed by atoms with Crippen molar-refractivity contribution >= 4 is 23.6 Å². The van der Waals surface area contributed by atoms with Gasteiger partial charge in [0.2, 0.25) is 0 Å². The molecular formula is C23H25FNOP. The molecule has 0 amide bonds. The molecule has 0 radical (unpaired) electrons. The van der Waals surface area contributed by atoms with Crippen molar-refractivity contribution in [3.05, 3.63) is 83.9 Å². The quantitative estimate of drug-likeness (QED) is 0.549. The van der Waals surface area contributed by atoms with Gasteiger partial charge in [0.1, 0.15) is 0 Å². The molecule has 0 aliphatic carbocycles. The minimum atomic E-state index is -4.58. The Morgan fingerprint density at radius 2 is 1.37 bits per heavy atom. The summed E-state index contributed by atoms with van der Waals surface area (Å²) in [5, 5.41) is 4.34. The molecule has 1 aliphatic heterocycles. The zero-order valence-corrected chi connectivity index (χ0v) is 17.1. The van der Waals surface area contributed by atoms with Gasteiger partial charge in [0, 0.05) is 0 Å². The van der Waals surface area contributed by atoms with Crippen LogP contribution in [-0.4, -0.2) is 0 Å². The number of hydrogen-bond donors (Lipinski definition) is 1. The Bertz CT molecular complexity index is 957. The number of fused-ring (bicyclic) bond motifs is 1. The summed E-state index contributed by atoms with van der Waals surface area (Å²) in [6.07, 6.45) is 0. The molecule has 27 heavy (non-hydrogen) atoms. The molecular weight excluding hydrogens is 356 g/mol. The topological polar surface area (TPSA) is 21.3 Å². The molecule has 4 rings (SSSR count). The summed E-state index contributed by atoms with van der Waals surface area (Å²) in [5.74, 6) is 0.626. The number of rotatable bonds is 2. The third-order valence-electron chi connectivity index (χ3n) is 5.06. The summed E-state index contributed by atoms with van der Waals surface area (Å²) >= 11 is 0. The maximum absolute atomic E-state index is 17.5. The second-order valence-electron chi connectivity index (χ2n) is 8.25. The first-order chi connectivity index (χ1) is 12.7. The second kappa shape index (κ2) is 5.81. The molecule has 2 nitrogen and oxygen atoms in total. The van der Waals surface area contributed by atoms with Crippen molar-refractivity contribution in [1.82, 2.24) is 0 Å². The Hall–Kier alpha value is -2.38. The van der Waals surface area contributed by atoms with Crippen LogP contribution in [0.5, 0.6) is 5.75 Å². The number of benzene rings is 3. The molecule has 1 heterocycles. The van der Waals surface area contributed by atoms with Crippen LogP contribution in [0.3, 0.4) is 0 Å². The van der Waals surface area contributed by atoms with Gasteiger partial charge in [0.25, 0.3) is 0 Å². The maximum atomic E-state index is 17.5. The summed E-state index contributed by atoms with van der Waals surface area (Å²) in [7, 11) is -4.58. The van der Waals surface area contributed by atoms with Crippen molar-refractivity contribution in [3.63, 3.8) is 0 Å². The van der Waals surface area contributed by atoms with E-state index in [2.05, 4.69) is 31.9 Å². The van der Waals surface area contributed by atoms with Crippen LogP contribution in [0, 0.1) is 6.92 Å². The van der Waals surface area contributed by atoms with Crippen LogP contribution in [-0.2, 0) is 5.41 Å². The van der Waals surface area contributed by atoms with E-state index >= 15 is 4.20 Å². The van der Waals surface area contributed by atoms with Crippen LogP contribution in [0.2, 0.25) is 0 Å². The molecule has 0 aromatic heterocycles. The fourth-order valence-corrected chi connectivity index (χ4v) is 7.05. The van der Waals surface area contributed by atoms with Crippen molar-refractivity contribution in [2.45, 2.75) is 33.1 Å². The van der Waals surface area contributed by atoms with Crippen LogP contribution in [0.4, 0.5) is 9.88 Å². The monoisotopic (exact) mass is 381 g/mol. The van der Waals surface area contributed by atoms with E-state index in [1.807, 2.05) is 73.7 Å². The van der Waals surface area contributed by atoms with Crippen LogP contribution >= 0.6 is 7.29 Å². The molecule has 3 aromatic rings. The fraction of sp³-hybridized carbons (Fsp3) is 0.217. The molecule has 0 bridgehead atoms. The zero-order chi connectivity index (χ0) is 19.3. The summed E-state index contributed by atoms with van der Waals surface area (Å²) < 4.78 is 23.9. The molecule has 4 heteroatoms. The molecule has 0 spiro atoms. The number of hydrogen-bond acceptors (Lipinski definition) is 2. The molecule has 0 saturated carbocycles. The fourth-order valence-electron chi connectivity index (χ4n) is 3.69. The Balaban J connectivity index is 2.02. The van der Waals surface area contributed by atoms with Gasteiger partial charge in [-0.1, -0.05) is 0 Å². The Morgan fingerprint density at radius 3 is 1.85 bits per heavy atom. The van der Waals surface area contributed by atoms with E-state index in [0.717, 1.165) is 16.8 Å². The van der Waals surface area contributed by atoms with Gasteiger partial charge in [-0.3, -0.25) is 0 Å². The molecule has 1 N–H and O–H groups in total. The number of nitrogens with one attached hydrogen (secondary N) is 1. The number of aryl methyl sites for hydroxylation is 1.